The summed E-state index contributed by atoms with van der Waals surface area (Å²) < 4.78 is 26.6. The second-order valence-electron chi connectivity index (χ2n) is 4.42. The van der Waals surface area contributed by atoms with Gasteiger partial charge in [0, 0.05) is 18.5 Å². The quantitative estimate of drug-likeness (QED) is 0.923. The molecule has 2 rings (SSSR count). The lowest BCUT2D eigenvalue weighted by Crippen LogP contribution is -2.25. The Kier molecular flexibility index (Phi) is 4.47. The summed E-state index contributed by atoms with van der Waals surface area (Å²) in [7, 11) is -1.94. The van der Waals surface area contributed by atoms with Crippen LogP contribution in [0.3, 0.4) is 0 Å². The third kappa shape index (κ3) is 2.87. The molecule has 0 bridgehead atoms. The molecule has 0 amide bonds. The van der Waals surface area contributed by atoms with E-state index in [0.717, 1.165) is 11.3 Å². The van der Waals surface area contributed by atoms with Crippen molar-refractivity contribution in [2.75, 3.05) is 11.4 Å². The number of hydrogen-bond acceptors (Lipinski definition) is 4. The largest absolute Gasteiger partial charge is 0.326 e. The Balaban J connectivity index is 2.32. The molecular formula is C14H18N2O2S2. The van der Waals surface area contributed by atoms with E-state index in [1.165, 1.54) is 21.2 Å². The molecule has 0 aliphatic heterocycles. The van der Waals surface area contributed by atoms with Gasteiger partial charge >= 0.3 is 0 Å². The zero-order chi connectivity index (χ0) is 14.8. The van der Waals surface area contributed by atoms with Gasteiger partial charge in [-0.05, 0) is 36.2 Å². The summed E-state index contributed by atoms with van der Waals surface area (Å²) in [6.07, 6.45) is 0.932. The third-order valence-electron chi connectivity index (χ3n) is 3.16. The molecule has 2 aromatic rings. The van der Waals surface area contributed by atoms with Gasteiger partial charge in [0.1, 0.15) is 4.21 Å². The maximum Gasteiger partial charge on any atom is 0.273 e. The zero-order valence-corrected chi connectivity index (χ0v) is 13.2. The number of benzene rings is 1. The molecule has 2 N–H and O–H groups in total. The average Bonchev–Trinajstić information content (AvgIpc) is 2.96. The van der Waals surface area contributed by atoms with E-state index in [0.29, 0.717) is 16.4 Å². The van der Waals surface area contributed by atoms with Crippen LogP contribution in [-0.4, -0.2) is 15.5 Å². The van der Waals surface area contributed by atoms with Crippen molar-refractivity contribution in [1.29, 1.82) is 0 Å². The molecule has 0 aliphatic carbocycles. The molecule has 1 aromatic carbocycles. The van der Waals surface area contributed by atoms with Crippen molar-refractivity contribution in [3.05, 3.63) is 46.8 Å². The molecule has 1 heterocycles. The fourth-order valence-electron chi connectivity index (χ4n) is 1.82. The van der Waals surface area contributed by atoms with E-state index in [9.17, 15) is 8.42 Å². The molecule has 0 unspecified atom stereocenters. The van der Waals surface area contributed by atoms with Gasteiger partial charge in [0.25, 0.3) is 10.0 Å². The third-order valence-corrected chi connectivity index (χ3v) is 6.52. The Morgan fingerprint density at radius 1 is 1.15 bits per heavy atom. The molecule has 20 heavy (non-hydrogen) atoms. The lowest BCUT2D eigenvalue weighted by Gasteiger charge is -2.18. The van der Waals surface area contributed by atoms with Crippen LogP contribution in [-0.2, 0) is 23.0 Å². The monoisotopic (exact) mass is 310 g/mol. The van der Waals surface area contributed by atoms with Crippen molar-refractivity contribution < 1.29 is 8.42 Å². The first-order valence-corrected chi connectivity index (χ1v) is 8.61. The molecular weight excluding hydrogens is 292 g/mol. The number of hydrogen-bond donors (Lipinski definition) is 1. The Morgan fingerprint density at radius 3 is 2.30 bits per heavy atom. The second-order valence-corrected chi connectivity index (χ2v) is 7.78. The van der Waals surface area contributed by atoms with Crippen molar-refractivity contribution in [3.8, 4) is 0 Å². The lowest BCUT2D eigenvalue weighted by atomic mass is 10.1. The van der Waals surface area contributed by atoms with Crippen molar-refractivity contribution >= 4 is 27.0 Å². The van der Waals surface area contributed by atoms with Gasteiger partial charge in [0.05, 0.1) is 5.69 Å². The molecule has 6 heteroatoms. The summed E-state index contributed by atoms with van der Waals surface area (Å²) in [5.74, 6) is 0. The van der Waals surface area contributed by atoms with E-state index in [1.54, 1.807) is 19.2 Å². The van der Waals surface area contributed by atoms with Crippen LogP contribution < -0.4 is 10.0 Å². The minimum atomic E-state index is -3.50. The molecule has 0 aliphatic rings. The van der Waals surface area contributed by atoms with Crippen molar-refractivity contribution in [1.82, 2.24) is 0 Å². The van der Waals surface area contributed by atoms with Crippen LogP contribution >= 0.6 is 11.3 Å². The zero-order valence-electron chi connectivity index (χ0n) is 11.5. The summed E-state index contributed by atoms with van der Waals surface area (Å²) in [6, 6.07) is 10.9. The van der Waals surface area contributed by atoms with E-state index in [-0.39, 0.29) is 0 Å². The van der Waals surface area contributed by atoms with Gasteiger partial charge in [-0.1, -0.05) is 19.1 Å². The molecule has 0 saturated carbocycles. The Morgan fingerprint density at radius 2 is 1.80 bits per heavy atom. The summed E-state index contributed by atoms with van der Waals surface area (Å²) in [5, 5.41) is 0. The molecule has 0 radical (unpaired) electrons. The van der Waals surface area contributed by atoms with Crippen LogP contribution in [0.2, 0.25) is 0 Å². The Labute approximate surface area is 123 Å². The number of aryl methyl sites for hydroxylation is 1. The van der Waals surface area contributed by atoms with E-state index < -0.39 is 10.0 Å². The number of nitrogens with zero attached hydrogens (tertiary/aromatic N) is 1. The molecule has 0 atom stereocenters. The topological polar surface area (TPSA) is 63.4 Å². The van der Waals surface area contributed by atoms with Crippen molar-refractivity contribution in [2.45, 2.75) is 24.1 Å². The normalized spacial score (nSPS) is 11.6. The highest BCUT2D eigenvalue weighted by Crippen LogP contribution is 2.27. The van der Waals surface area contributed by atoms with Gasteiger partial charge in [-0.2, -0.15) is 0 Å². The minimum Gasteiger partial charge on any atom is -0.326 e. The van der Waals surface area contributed by atoms with Gasteiger partial charge < -0.3 is 5.73 Å². The van der Waals surface area contributed by atoms with Gasteiger partial charge in [-0.15, -0.1) is 11.3 Å². The van der Waals surface area contributed by atoms with Gasteiger partial charge in [-0.25, -0.2) is 8.42 Å². The van der Waals surface area contributed by atoms with Crippen LogP contribution in [0.15, 0.2) is 40.6 Å². The fraction of sp³-hybridized carbons (Fsp3) is 0.286. The summed E-state index contributed by atoms with van der Waals surface area (Å²) in [4.78, 5) is 0.860. The predicted octanol–water partition coefficient (Wildman–Crippen LogP) is 2.59. The summed E-state index contributed by atoms with van der Waals surface area (Å²) in [5.41, 5.74) is 7.37. The highest BCUT2D eigenvalue weighted by Gasteiger charge is 2.23. The highest BCUT2D eigenvalue weighted by molar-refractivity contribution is 7.94. The second kappa shape index (κ2) is 5.95. The van der Waals surface area contributed by atoms with E-state index in [2.05, 4.69) is 6.92 Å². The number of rotatable bonds is 5. The lowest BCUT2D eigenvalue weighted by molar-refractivity contribution is 0.596. The standard InChI is InChI=1S/C14H18N2O2S2/c1-3-11-4-6-12(7-5-11)16(2)20(17,18)14-9-8-13(10-15)19-14/h4-9H,3,10,15H2,1-2H3. The van der Waals surface area contributed by atoms with Crippen LogP contribution in [0.4, 0.5) is 5.69 Å². The van der Waals surface area contributed by atoms with Crippen molar-refractivity contribution in [3.63, 3.8) is 0 Å². The minimum absolute atomic E-state index is 0.319. The smallest absolute Gasteiger partial charge is 0.273 e. The maximum atomic E-state index is 12.5. The molecule has 108 valence electrons. The molecule has 0 fully saturated rings. The number of nitrogens with two attached hydrogens (primary N) is 1. The first kappa shape index (κ1) is 15.0. The fourth-order valence-corrected chi connectivity index (χ4v) is 4.42. The Hall–Kier alpha value is -1.37. The molecule has 4 nitrogen and oxygen atoms in total. The van der Waals surface area contributed by atoms with Crippen LogP contribution in [0.25, 0.3) is 0 Å². The maximum absolute atomic E-state index is 12.5. The van der Waals surface area contributed by atoms with Gasteiger partial charge in [-0.3, -0.25) is 4.31 Å². The van der Waals surface area contributed by atoms with E-state index in [1.807, 2.05) is 24.3 Å². The van der Waals surface area contributed by atoms with Crippen LogP contribution in [0.5, 0.6) is 0 Å². The summed E-state index contributed by atoms with van der Waals surface area (Å²) in [6.45, 7) is 2.42. The molecule has 1 aromatic heterocycles. The SMILES string of the molecule is CCc1ccc(N(C)S(=O)(=O)c2ccc(CN)s2)cc1. The first-order valence-electron chi connectivity index (χ1n) is 6.35. The van der Waals surface area contributed by atoms with E-state index in [4.69, 9.17) is 5.73 Å². The molecule has 0 spiro atoms. The number of sulfonamides is 1. The number of anilines is 1. The number of thiophene rings is 1. The van der Waals surface area contributed by atoms with Crippen LogP contribution in [0, 0.1) is 0 Å². The van der Waals surface area contributed by atoms with Gasteiger partial charge in [0.15, 0.2) is 0 Å². The first-order chi connectivity index (χ1) is 9.48. The summed E-state index contributed by atoms with van der Waals surface area (Å²) >= 11 is 1.22. The van der Waals surface area contributed by atoms with E-state index >= 15 is 0 Å². The Bertz CT molecular complexity index is 675. The van der Waals surface area contributed by atoms with Gasteiger partial charge in [0.2, 0.25) is 0 Å². The van der Waals surface area contributed by atoms with Crippen LogP contribution in [0.1, 0.15) is 17.4 Å². The van der Waals surface area contributed by atoms with Crippen molar-refractivity contribution in [2.24, 2.45) is 5.73 Å². The molecule has 0 saturated heterocycles. The highest BCUT2D eigenvalue weighted by atomic mass is 32.2. The average molecular weight is 310 g/mol. The predicted molar refractivity (Wildman–Crippen MR) is 83.6 cm³/mol.